The predicted octanol–water partition coefficient (Wildman–Crippen LogP) is 5.60. The number of allylic oxidation sites excluding steroid dienone is 1. The number of nitrogens with one attached hydrogen (secondary N) is 1. The lowest BCUT2D eigenvalue weighted by Crippen LogP contribution is -2.52. The number of carbonyl (C=O) groups is 1. The first-order valence-electron chi connectivity index (χ1n) is 11.1. The first kappa shape index (κ1) is 22.1. The van der Waals surface area contributed by atoms with Gasteiger partial charge < -0.3 is 19.6 Å². The topological polar surface area (TPSA) is 71.7 Å². The summed E-state index contributed by atoms with van der Waals surface area (Å²) in [7, 11) is 1.44. The molecule has 2 N–H and O–H groups in total. The highest BCUT2D eigenvalue weighted by Crippen LogP contribution is 2.43. The van der Waals surface area contributed by atoms with Crippen LogP contribution in [0.25, 0.3) is 11.6 Å². The summed E-state index contributed by atoms with van der Waals surface area (Å²) in [5.74, 6) is 0.478. The number of hydrogen-bond donors (Lipinski definition) is 2. The number of furan rings is 1. The van der Waals surface area contributed by atoms with Crippen LogP contribution in [0.5, 0.6) is 0 Å². The molecular weight excluding hydrogens is 402 g/mol. The fourth-order valence-corrected chi connectivity index (χ4v) is 4.38. The molecule has 1 aromatic heterocycles. The van der Waals surface area contributed by atoms with E-state index in [9.17, 15) is 9.90 Å². The maximum Gasteiger partial charge on any atom is 0.257 e. The van der Waals surface area contributed by atoms with Gasteiger partial charge in [-0.05, 0) is 59.9 Å². The summed E-state index contributed by atoms with van der Waals surface area (Å²) >= 11 is 0. The normalized spacial score (nSPS) is 20.7. The molecule has 166 valence electrons. The third-order valence-electron chi connectivity index (χ3n) is 6.01. The summed E-state index contributed by atoms with van der Waals surface area (Å²) in [6.07, 6.45) is 6.99. The lowest BCUT2D eigenvalue weighted by atomic mass is 9.77. The van der Waals surface area contributed by atoms with Gasteiger partial charge >= 0.3 is 0 Å². The highest BCUT2D eigenvalue weighted by atomic mass is 16.5. The largest absolute Gasteiger partial charge is 0.465 e. The van der Waals surface area contributed by atoms with E-state index in [0.29, 0.717) is 16.8 Å². The molecule has 0 saturated heterocycles. The van der Waals surface area contributed by atoms with E-state index < -0.39 is 11.7 Å². The Hall–Kier alpha value is -3.15. The molecule has 2 heterocycles. The number of ether oxygens (including phenoxy) is 1. The van der Waals surface area contributed by atoms with Gasteiger partial charge in [-0.3, -0.25) is 4.79 Å². The van der Waals surface area contributed by atoms with Crippen LogP contribution >= 0.6 is 0 Å². The molecule has 0 aliphatic carbocycles. The maximum atomic E-state index is 12.7. The molecule has 1 aliphatic heterocycles. The smallest absolute Gasteiger partial charge is 0.257 e. The zero-order valence-corrected chi connectivity index (χ0v) is 18.5. The van der Waals surface area contributed by atoms with Crippen LogP contribution in [0.15, 0.2) is 71.3 Å². The van der Waals surface area contributed by atoms with Crippen molar-refractivity contribution >= 4 is 23.2 Å². The second kappa shape index (κ2) is 9.55. The van der Waals surface area contributed by atoms with Crippen LogP contribution in [0.1, 0.15) is 55.1 Å². The molecule has 0 bridgehead atoms. The van der Waals surface area contributed by atoms with E-state index in [2.05, 4.69) is 18.3 Å². The van der Waals surface area contributed by atoms with Gasteiger partial charge in [0.25, 0.3) is 5.91 Å². The molecular formula is C27H29NO4. The van der Waals surface area contributed by atoms with Crippen molar-refractivity contribution in [3.63, 3.8) is 0 Å². The lowest BCUT2D eigenvalue weighted by Gasteiger charge is -2.40. The van der Waals surface area contributed by atoms with Crippen molar-refractivity contribution in [1.82, 2.24) is 0 Å². The van der Waals surface area contributed by atoms with Crippen LogP contribution in [-0.4, -0.2) is 24.2 Å². The third-order valence-corrected chi connectivity index (χ3v) is 6.01. The summed E-state index contributed by atoms with van der Waals surface area (Å²) < 4.78 is 11.2. The minimum atomic E-state index is -1.61. The molecule has 1 aliphatic rings. The van der Waals surface area contributed by atoms with Crippen LogP contribution in [0.4, 0.5) is 5.69 Å². The lowest BCUT2D eigenvalue weighted by molar-refractivity contribution is -0.142. The molecule has 0 fully saturated rings. The summed E-state index contributed by atoms with van der Waals surface area (Å²) in [4.78, 5) is 12.7. The van der Waals surface area contributed by atoms with Crippen LogP contribution in [0, 0.1) is 0 Å². The Kier molecular flexibility index (Phi) is 6.58. The van der Waals surface area contributed by atoms with Gasteiger partial charge in [0.05, 0.1) is 6.26 Å². The number of methoxy groups -OCH3 is 1. The SMILES string of the molecule is CCCCCC(=Cc1ccc2c(c1)C(O)(c1ccccc1)C(OC)C(=O)N2)c1ccco1. The number of carbonyl (C=O) groups excluding carboxylic acids is 1. The van der Waals surface area contributed by atoms with Crippen LogP contribution < -0.4 is 5.32 Å². The van der Waals surface area contributed by atoms with Gasteiger partial charge in [-0.25, -0.2) is 0 Å². The first-order chi connectivity index (χ1) is 15.6. The predicted molar refractivity (Wildman–Crippen MR) is 126 cm³/mol. The average molecular weight is 432 g/mol. The molecule has 2 unspecified atom stereocenters. The van der Waals surface area contributed by atoms with Crippen molar-refractivity contribution in [2.24, 2.45) is 0 Å². The van der Waals surface area contributed by atoms with Crippen LogP contribution in [0.3, 0.4) is 0 Å². The van der Waals surface area contributed by atoms with Gasteiger partial charge in [0.2, 0.25) is 0 Å². The summed E-state index contributed by atoms with van der Waals surface area (Å²) in [5.41, 5.74) is 2.22. The number of amides is 1. The maximum absolute atomic E-state index is 12.7. The number of benzene rings is 2. The van der Waals surface area contributed by atoms with Gasteiger partial charge in [-0.1, -0.05) is 56.2 Å². The van der Waals surface area contributed by atoms with Crippen molar-refractivity contribution in [3.8, 4) is 0 Å². The molecule has 2 aromatic carbocycles. The molecule has 32 heavy (non-hydrogen) atoms. The van der Waals surface area contributed by atoms with Crippen LogP contribution in [-0.2, 0) is 15.1 Å². The van der Waals surface area contributed by atoms with Crippen molar-refractivity contribution in [1.29, 1.82) is 0 Å². The monoisotopic (exact) mass is 431 g/mol. The summed E-state index contributed by atoms with van der Waals surface area (Å²) in [6.45, 7) is 2.19. The van der Waals surface area contributed by atoms with Crippen molar-refractivity contribution in [3.05, 3.63) is 89.4 Å². The molecule has 5 heteroatoms. The molecule has 0 saturated carbocycles. The van der Waals surface area contributed by atoms with Gasteiger partial charge in [0.1, 0.15) is 5.76 Å². The molecule has 5 nitrogen and oxygen atoms in total. The average Bonchev–Trinajstić information content (AvgIpc) is 3.35. The second-order valence-electron chi connectivity index (χ2n) is 8.15. The van der Waals surface area contributed by atoms with E-state index in [1.807, 2.05) is 60.7 Å². The molecule has 0 radical (unpaired) electrons. The quantitative estimate of drug-likeness (QED) is 0.455. The highest BCUT2D eigenvalue weighted by molar-refractivity contribution is 6.00. The van der Waals surface area contributed by atoms with Gasteiger partial charge in [0, 0.05) is 18.4 Å². The zero-order chi connectivity index (χ0) is 22.6. The Morgan fingerprint density at radius 3 is 2.66 bits per heavy atom. The van der Waals surface area contributed by atoms with Gasteiger partial charge in [0.15, 0.2) is 11.7 Å². The Bertz CT molecular complexity index is 1090. The fourth-order valence-electron chi connectivity index (χ4n) is 4.38. The number of unbranched alkanes of at least 4 members (excludes halogenated alkanes) is 2. The van der Waals surface area contributed by atoms with Crippen molar-refractivity contribution in [2.45, 2.75) is 44.3 Å². The first-order valence-corrected chi connectivity index (χ1v) is 11.1. The van der Waals surface area contributed by atoms with E-state index >= 15 is 0 Å². The Balaban J connectivity index is 1.81. The number of fused-ring (bicyclic) bond motifs is 1. The Morgan fingerprint density at radius 2 is 1.97 bits per heavy atom. The number of aliphatic hydroxyl groups is 1. The fraction of sp³-hybridized carbons (Fsp3) is 0.296. The molecule has 4 rings (SSSR count). The second-order valence-corrected chi connectivity index (χ2v) is 8.15. The van der Waals surface area contributed by atoms with Gasteiger partial charge in [-0.2, -0.15) is 0 Å². The van der Waals surface area contributed by atoms with E-state index in [-0.39, 0.29) is 5.91 Å². The standard InChI is InChI=1S/C27H29NO4/c1-3-4-6-10-20(24-13-9-16-32-24)17-19-14-15-23-22(18-19)27(30,21-11-7-5-8-12-21)25(31-2)26(29)28-23/h5,7-9,11-18,25,30H,3-4,6,10H2,1-2H3,(H,28,29). The summed E-state index contributed by atoms with van der Waals surface area (Å²) in [5, 5.41) is 14.8. The molecule has 2 atom stereocenters. The number of hydrogen-bond acceptors (Lipinski definition) is 4. The Morgan fingerprint density at radius 1 is 1.16 bits per heavy atom. The highest BCUT2D eigenvalue weighted by Gasteiger charge is 2.49. The molecule has 3 aromatic rings. The zero-order valence-electron chi connectivity index (χ0n) is 18.5. The third kappa shape index (κ3) is 4.14. The minimum Gasteiger partial charge on any atom is -0.465 e. The molecule has 0 spiro atoms. The van der Waals surface area contributed by atoms with E-state index in [4.69, 9.17) is 9.15 Å². The number of anilines is 1. The van der Waals surface area contributed by atoms with Crippen LogP contribution in [0.2, 0.25) is 0 Å². The van der Waals surface area contributed by atoms with Gasteiger partial charge in [-0.15, -0.1) is 0 Å². The minimum absolute atomic E-state index is 0.370. The number of rotatable bonds is 8. The molecule has 1 amide bonds. The van der Waals surface area contributed by atoms with Crippen molar-refractivity contribution in [2.75, 3.05) is 12.4 Å². The van der Waals surface area contributed by atoms with Crippen molar-refractivity contribution < 1.29 is 19.1 Å². The Labute approximate surface area is 188 Å². The van der Waals surface area contributed by atoms with E-state index in [1.165, 1.54) is 7.11 Å². The summed E-state index contributed by atoms with van der Waals surface area (Å²) in [6, 6.07) is 18.8. The van der Waals surface area contributed by atoms with E-state index in [1.54, 1.807) is 6.26 Å². The van der Waals surface area contributed by atoms with E-state index in [0.717, 1.165) is 42.6 Å².